The lowest BCUT2D eigenvalue weighted by atomic mass is 10.2. The van der Waals surface area contributed by atoms with E-state index < -0.39 is 0 Å². The van der Waals surface area contributed by atoms with Crippen molar-refractivity contribution in [1.29, 1.82) is 0 Å². The lowest BCUT2D eigenvalue weighted by Gasteiger charge is -2.08. The van der Waals surface area contributed by atoms with E-state index in [0.29, 0.717) is 12.4 Å². The maximum absolute atomic E-state index is 9.42. The monoisotopic (exact) mass is 165 g/mol. The van der Waals surface area contributed by atoms with Crippen molar-refractivity contribution >= 4 is 5.69 Å². The van der Waals surface area contributed by atoms with Crippen molar-refractivity contribution in [2.24, 2.45) is 0 Å². The van der Waals surface area contributed by atoms with Gasteiger partial charge in [0, 0.05) is 6.54 Å². The second kappa shape index (κ2) is 2.93. The normalized spacial score (nSPS) is 15.3. The van der Waals surface area contributed by atoms with Crippen molar-refractivity contribution in [1.82, 2.24) is 0 Å². The number of hydrogen-bond acceptors (Lipinski definition) is 3. The fourth-order valence-corrected chi connectivity index (χ4v) is 1.29. The maximum atomic E-state index is 9.42. The maximum Gasteiger partial charge on any atom is 0.184 e. The Morgan fingerprint density at radius 2 is 2.33 bits per heavy atom. The molecule has 3 heteroatoms. The van der Waals surface area contributed by atoms with E-state index in [-0.39, 0.29) is 5.75 Å². The predicted molar refractivity (Wildman–Crippen MR) is 46.7 cm³/mol. The molecule has 0 aliphatic carbocycles. The number of phenolic OH excluding ortho intramolecular Hbond substituents is 1. The SMILES string of the molecule is Oc1cccc2c1OCCCN2. The van der Waals surface area contributed by atoms with Gasteiger partial charge in [-0.25, -0.2) is 0 Å². The van der Waals surface area contributed by atoms with Crippen LogP contribution in [0.5, 0.6) is 11.5 Å². The first kappa shape index (κ1) is 7.28. The zero-order valence-electron chi connectivity index (χ0n) is 6.71. The highest BCUT2D eigenvalue weighted by Gasteiger charge is 2.10. The number of hydrogen-bond donors (Lipinski definition) is 2. The number of ether oxygens (including phenoxy) is 1. The average molecular weight is 165 g/mol. The molecule has 0 radical (unpaired) electrons. The van der Waals surface area contributed by atoms with Gasteiger partial charge in [0.1, 0.15) is 0 Å². The zero-order chi connectivity index (χ0) is 8.39. The summed E-state index contributed by atoms with van der Waals surface area (Å²) in [4.78, 5) is 0. The van der Waals surface area contributed by atoms with Crippen LogP contribution in [-0.4, -0.2) is 18.3 Å². The van der Waals surface area contributed by atoms with Gasteiger partial charge >= 0.3 is 0 Å². The standard InChI is InChI=1S/C9H11NO2/c11-8-4-1-3-7-9(8)12-6-2-5-10-7/h1,3-4,10-11H,2,5-6H2. The van der Waals surface area contributed by atoms with Crippen LogP contribution in [0.4, 0.5) is 5.69 Å². The molecule has 3 nitrogen and oxygen atoms in total. The van der Waals surface area contributed by atoms with Gasteiger partial charge in [0.2, 0.25) is 0 Å². The van der Waals surface area contributed by atoms with Crippen molar-refractivity contribution in [3.8, 4) is 11.5 Å². The summed E-state index contributed by atoms with van der Waals surface area (Å²) in [5, 5.41) is 12.6. The summed E-state index contributed by atoms with van der Waals surface area (Å²) in [6.45, 7) is 1.56. The molecule has 1 aliphatic rings. The van der Waals surface area contributed by atoms with Crippen molar-refractivity contribution in [3.05, 3.63) is 18.2 Å². The summed E-state index contributed by atoms with van der Waals surface area (Å²) in [5.74, 6) is 0.789. The van der Waals surface area contributed by atoms with E-state index >= 15 is 0 Å². The molecule has 0 amide bonds. The molecule has 0 saturated heterocycles. The lowest BCUT2D eigenvalue weighted by Crippen LogP contribution is -1.99. The van der Waals surface area contributed by atoms with Crippen molar-refractivity contribution in [2.75, 3.05) is 18.5 Å². The second-order valence-corrected chi connectivity index (χ2v) is 2.78. The van der Waals surface area contributed by atoms with Crippen LogP contribution >= 0.6 is 0 Å². The molecule has 0 saturated carbocycles. The minimum atomic E-state index is 0.210. The Morgan fingerprint density at radius 3 is 3.25 bits per heavy atom. The molecule has 2 rings (SSSR count). The van der Waals surface area contributed by atoms with Crippen molar-refractivity contribution in [2.45, 2.75) is 6.42 Å². The fraction of sp³-hybridized carbons (Fsp3) is 0.333. The summed E-state index contributed by atoms with van der Waals surface area (Å²) in [6.07, 6.45) is 0.966. The molecular formula is C9H11NO2. The van der Waals surface area contributed by atoms with Crippen LogP contribution in [-0.2, 0) is 0 Å². The van der Waals surface area contributed by atoms with Crippen LogP contribution in [0.3, 0.4) is 0 Å². The molecule has 0 bridgehead atoms. The van der Waals surface area contributed by atoms with Crippen molar-refractivity contribution < 1.29 is 9.84 Å². The van der Waals surface area contributed by atoms with Crippen LogP contribution in [0.25, 0.3) is 0 Å². The Balaban J connectivity index is 2.42. The van der Waals surface area contributed by atoms with Crippen LogP contribution in [0.15, 0.2) is 18.2 Å². The average Bonchev–Trinajstić information content (AvgIpc) is 2.30. The number of benzene rings is 1. The third kappa shape index (κ3) is 1.18. The minimum absolute atomic E-state index is 0.210. The molecular weight excluding hydrogens is 154 g/mol. The quantitative estimate of drug-likeness (QED) is 0.613. The Morgan fingerprint density at radius 1 is 1.42 bits per heavy atom. The molecule has 0 atom stereocenters. The first-order valence-electron chi connectivity index (χ1n) is 4.06. The van der Waals surface area contributed by atoms with Gasteiger partial charge in [-0.3, -0.25) is 0 Å². The van der Waals surface area contributed by atoms with Gasteiger partial charge in [-0.2, -0.15) is 0 Å². The van der Waals surface area contributed by atoms with Gasteiger partial charge in [0.25, 0.3) is 0 Å². The number of nitrogens with one attached hydrogen (secondary N) is 1. The number of aromatic hydroxyl groups is 1. The highest BCUT2D eigenvalue weighted by atomic mass is 16.5. The van der Waals surface area contributed by atoms with E-state index in [1.807, 2.05) is 6.07 Å². The summed E-state index contributed by atoms with van der Waals surface area (Å²) < 4.78 is 5.37. The molecule has 1 heterocycles. The number of fused-ring (bicyclic) bond motifs is 1. The highest BCUT2D eigenvalue weighted by Crippen LogP contribution is 2.35. The smallest absolute Gasteiger partial charge is 0.184 e. The number of anilines is 1. The van der Waals surface area contributed by atoms with Gasteiger partial charge < -0.3 is 15.2 Å². The summed E-state index contributed by atoms with van der Waals surface area (Å²) >= 11 is 0. The van der Waals surface area contributed by atoms with Gasteiger partial charge in [-0.15, -0.1) is 0 Å². The van der Waals surface area contributed by atoms with Crippen LogP contribution in [0.2, 0.25) is 0 Å². The fourth-order valence-electron chi connectivity index (χ4n) is 1.29. The number of para-hydroxylation sites is 1. The molecule has 2 N–H and O–H groups in total. The largest absolute Gasteiger partial charge is 0.504 e. The predicted octanol–water partition coefficient (Wildman–Crippen LogP) is 1.59. The summed E-state index contributed by atoms with van der Waals surface area (Å²) in [5.41, 5.74) is 0.882. The Kier molecular flexibility index (Phi) is 1.78. The number of rotatable bonds is 0. The molecule has 0 fully saturated rings. The third-order valence-corrected chi connectivity index (χ3v) is 1.88. The Labute approximate surface area is 71.0 Å². The van der Waals surface area contributed by atoms with Gasteiger partial charge in [0.15, 0.2) is 11.5 Å². The highest BCUT2D eigenvalue weighted by molar-refractivity contribution is 5.63. The van der Waals surface area contributed by atoms with Gasteiger partial charge in [0.05, 0.1) is 12.3 Å². The molecule has 0 unspecified atom stereocenters. The van der Waals surface area contributed by atoms with Crippen LogP contribution < -0.4 is 10.1 Å². The van der Waals surface area contributed by atoms with Crippen molar-refractivity contribution in [3.63, 3.8) is 0 Å². The topological polar surface area (TPSA) is 41.5 Å². The van der Waals surface area contributed by atoms with E-state index in [1.165, 1.54) is 0 Å². The summed E-state index contributed by atoms with van der Waals surface area (Å²) in [6, 6.07) is 5.34. The minimum Gasteiger partial charge on any atom is -0.504 e. The molecule has 0 spiro atoms. The molecule has 1 aromatic rings. The van der Waals surface area contributed by atoms with E-state index in [2.05, 4.69) is 5.32 Å². The van der Waals surface area contributed by atoms with E-state index in [0.717, 1.165) is 18.7 Å². The van der Waals surface area contributed by atoms with Gasteiger partial charge in [-0.1, -0.05) is 6.07 Å². The van der Waals surface area contributed by atoms with Gasteiger partial charge in [-0.05, 0) is 18.6 Å². The van der Waals surface area contributed by atoms with E-state index in [1.54, 1.807) is 12.1 Å². The Bertz CT molecular complexity index is 286. The first-order chi connectivity index (χ1) is 5.88. The number of phenols is 1. The first-order valence-corrected chi connectivity index (χ1v) is 4.06. The van der Waals surface area contributed by atoms with Crippen LogP contribution in [0, 0.1) is 0 Å². The molecule has 64 valence electrons. The lowest BCUT2D eigenvalue weighted by molar-refractivity contribution is 0.305. The summed E-state index contributed by atoms with van der Waals surface area (Å²) in [7, 11) is 0. The van der Waals surface area contributed by atoms with E-state index in [4.69, 9.17) is 4.74 Å². The van der Waals surface area contributed by atoms with Crippen LogP contribution in [0.1, 0.15) is 6.42 Å². The zero-order valence-corrected chi connectivity index (χ0v) is 6.71. The Hall–Kier alpha value is -1.38. The molecule has 1 aromatic carbocycles. The molecule has 12 heavy (non-hydrogen) atoms. The second-order valence-electron chi connectivity index (χ2n) is 2.78. The molecule has 1 aliphatic heterocycles. The van der Waals surface area contributed by atoms with E-state index in [9.17, 15) is 5.11 Å². The molecule has 0 aromatic heterocycles. The third-order valence-electron chi connectivity index (χ3n) is 1.88.